The normalized spacial score (nSPS) is 12.5. The standard InChI is InChI=1S/C56H44N2/c1-39-21-29-46(30-22-39)57(47-31-27-43(28-32-47)42-25-23-41(24-26-42)40-13-6-4-7-14-40)48-33-35-51-52-36-34-49(38-54(52)56(2,3)53(51)37-48)58(45-17-8-5-9-18-45)55-20-12-16-44-15-10-11-19-50(44)55/h4-38H,1-3H3. The van der Waals surface area contributed by atoms with Gasteiger partial charge in [-0.3, -0.25) is 0 Å². The van der Waals surface area contributed by atoms with Crippen LogP contribution in [-0.2, 0) is 5.41 Å². The quantitative estimate of drug-likeness (QED) is 0.153. The fourth-order valence-corrected chi connectivity index (χ4v) is 8.83. The summed E-state index contributed by atoms with van der Waals surface area (Å²) in [5, 5.41) is 2.46. The van der Waals surface area contributed by atoms with E-state index in [0.717, 1.165) is 28.4 Å². The van der Waals surface area contributed by atoms with Crippen LogP contribution in [0.25, 0.3) is 44.2 Å². The number of benzene rings is 9. The van der Waals surface area contributed by atoms with Crippen LogP contribution in [0.15, 0.2) is 212 Å². The molecule has 0 atom stereocenters. The minimum Gasteiger partial charge on any atom is -0.310 e. The highest BCUT2D eigenvalue weighted by atomic mass is 15.1. The minimum absolute atomic E-state index is 0.230. The second-order valence-electron chi connectivity index (χ2n) is 15.9. The molecule has 0 heterocycles. The SMILES string of the molecule is Cc1ccc(N(c2ccc(-c3ccc(-c4ccccc4)cc3)cc2)c2ccc3c(c2)C(C)(C)c2cc(N(c4ccccc4)c4cccc5ccccc45)ccc2-3)cc1. The molecule has 0 radical (unpaired) electrons. The van der Waals surface area contributed by atoms with E-state index in [0.29, 0.717) is 0 Å². The monoisotopic (exact) mass is 744 g/mol. The molecular formula is C56H44N2. The Morgan fingerprint density at radius 1 is 0.345 bits per heavy atom. The lowest BCUT2D eigenvalue weighted by molar-refractivity contribution is 0.660. The van der Waals surface area contributed by atoms with Gasteiger partial charge in [-0.2, -0.15) is 0 Å². The first-order chi connectivity index (χ1) is 28.4. The van der Waals surface area contributed by atoms with Gasteiger partial charge in [0.2, 0.25) is 0 Å². The fourth-order valence-electron chi connectivity index (χ4n) is 8.83. The highest BCUT2D eigenvalue weighted by molar-refractivity contribution is 5.99. The molecule has 1 aliphatic rings. The summed E-state index contributed by atoms with van der Waals surface area (Å²) in [5.41, 5.74) is 18.0. The van der Waals surface area contributed by atoms with Gasteiger partial charge < -0.3 is 9.80 Å². The van der Waals surface area contributed by atoms with Gasteiger partial charge in [-0.05, 0) is 124 Å². The van der Waals surface area contributed by atoms with Crippen molar-refractivity contribution < 1.29 is 0 Å². The summed E-state index contributed by atoms with van der Waals surface area (Å²) in [6, 6.07) is 77.4. The van der Waals surface area contributed by atoms with Gasteiger partial charge in [0.15, 0.2) is 0 Å². The lowest BCUT2D eigenvalue weighted by atomic mass is 9.82. The first kappa shape index (κ1) is 35.3. The summed E-state index contributed by atoms with van der Waals surface area (Å²) in [6.45, 7) is 6.91. The molecule has 0 spiro atoms. The second-order valence-corrected chi connectivity index (χ2v) is 15.9. The zero-order chi connectivity index (χ0) is 39.2. The Hall–Kier alpha value is -7.16. The van der Waals surface area contributed by atoms with Gasteiger partial charge in [0.1, 0.15) is 0 Å². The Bertz CT molecular complexity index is 2890. The van der Waals surface area contributed by atoms with Gasteiger partial charge in [-0.1, -0.05) is 165 Å². The predicted molar refractivity (Wildman–Crippen MR) is 246 cm³/mol. The molecule has 9 aromatic carbocycles. The third-order valence-corrected chi connectivity index (χ3v) is 11.9. The molecule has 278 valence electrons. The lowest BCUT2D eigenvalue weighted by Gasteiger charge is -2.29. The van der Waals surface area contributed by atoms with Crippen molar-refractivity contribution in [3.8, 4) is 33.4 Å². The Morgan fingerprint density at radius 2 is 0.776 bits per heavy atom. The maximum Gasteiger partial charge on any atom is 0.0540 e. The molecule has 2 nitrogen and oxygen atoms in total. The number of para-hydroxylation sites is 1. The van der Waals surface area contributed by atoms with Crippen LogP contribution in [0.2, 0.25) is 0 Å². The Morgan fingerprint density at radius 3 is 1.38 bits per heavy atom. The van der Waals surface area contributed by atoms with Crippen LogP contribution in [0.4, 0.5) is 34.1 Å². The molecule has 2 heteroatoms. The molecule has 0 saturated heterocycles. The van der Waals surface area contributed by atoms with E-state index >= 15 is 0 Å². The minimum atomic E-state index is -0.230. The number of fused-ring (bicyclic) bond motifs is 4. The van der Waals surface area contributed by atoms with E-state index in [2.05, 4.69) is 243 Å². The summed E-state index contributed by atoms with van der Waals surface area (Å²) in [6.07, 6.45) is 0. The van der Waals surface area contributed by atoms with E-state index < -0.39 is 0 Å². The third kappa shape index (κ3) is 6.24. The predicted octanol–water partition coefficient (Wildman–Crippen LogP) is 15.7. The van der Waals surface area contributed by atoms with Crippen molar-refractivity contribution in [1.82, 2.24) is 0 Å². The van der Waals surface area contributed by atoms with Gasteiger partial charge >= 0.3 is 0 Å². The van der Waals surface area contributed by atoms with Gasteiger partial charge in [0.05, 0.1) is 5.69 Å². The summed E-state index contributed by atoms with van der Waals surface area (Å²) < 4.78 is 0. The molecule has 10 rings (SSSR count). The molecule has 1 aliphatic carbocycles. The number of hydrogen-bond donors (Lipinski definition) is 0. The average Bonchev–Trinajstić information content (AvgIpc) is 3.50. The molecule has 58 heavy (non-hydrogen) atoms. The molecule has 0 fully saturated rings. The largest absolute Gasteiger partial charge is 0.310 e. The van der Waals surface area contributed by atoms with Crippen molar-refractivity contribution in [3.63, 3.8) is 0 Å². The smallest absolute Gasteiger partial charge is 0.0540 e. The number of anilines is 6. The van der Waals surface area contributed by atoms with Crippen LogP contribution in [0.3, 0.4) is 0 Å². The Labute approximate surface area is 341 Å². The average molecular weight is 745 g/mol. The highest BCUT2D eigenvalue weighted by Crippen LogP contribution is 2.53. The van der Waals surface area contributed by atoms with Gasteiger partial charge in [-0.15, -0.1) is 0 Å². The van der Waals surface area contributed by atoms with E-state index in [1.807, 2.05) is 0 Å². The van der Waals surface area contributed by atoms with Gasteiger partial charge in [0.25, 0.3) is 0 Å². The van der Waals surface area contributed by atoms with Crippen LogP contribution in [0.1, 0.15) is 30.5 Å². The number of hydrogen-bond acceptors (Lipinski definition) is 2. The van der Waals surface area contributed by atoms with Crippen LogP contribution >= 0.6 is 0 Å². The van der Waals surface area contributed by atoms with Crippen molar-refractivity contribution >= 4 is 44.9 Å². The summed E-state index contributed by atoms with van der Waals surface area (Å²) >= 11 is 0. The van der Waals surface area contributed by atoms with Gasteiger partial charge in [0, 0.05) is 39.2 Å². The summed E-state index contributed by atoms with van der Waals surface area (Å²) in [7, 11) is 0. The molecule has 0 aliphatic heterocycles. The zero-order valence-corrected chi connectivity index (χ0v) is 33.1. The van der Waals surface area contributed by atoms with Crippen molar-refractivity contribution in [3.05, 3.63) is 229 Å². The maximum atomic E-state index is 2.42. The van der Waals surface area contributed by atoms with Crippen molar-refractivity contribution in [1.29, 1.82) is 0 Å². The number of aryl methyl sites for hydroxylation is 1. The molecule has 0 aromatic heterocycles. The van der Waals surface area contributed by atoms with Crippen molar-refractivity contribution in [2.24, 2.45) is 0 Å². The van der Waals surface area contributed by atoms with Crippen LogP contribution < -0.4 is 9.80 Å². The first-order valence-corrected chi connectivity index (χ1v) is 20.2. The summed E-state index contributed by atoms with van der Waals surface area (Å²) in [4.78, 5) is 4.80. The second kappa shape index (κ2) is 14.4. The van der Waals surface area contributed by atoms with E-state index in [-0.39, 0.29) is 5.41 Å². The molecule has 0 amide bonds. The van der Waals surface area contributed by atoms with Gasteiger partial charge in [-0.25, -0.2) is 0 Å². The van der Waals surface area contributed by atoms with Crippen LogP contribution in [-0.4, -0.2) is 0 Å². The first-order valence-electron chi connectivity index (χ1n) is 20.2. The maximum absolute atomic E-state index is 2.42. The zero-order valence-electron chi connectivity index (χ0n) is 33.1. The molecular weight excluding hydrogens is 701 g/mol. The van der Waals surface area contributed by atoms with Crippen molar-refractivity contribution in [2.45, 2.75) is 26.2 Å². The van der Waals surface area contributed by atoms with E-state index in [9.17, 15) is 0 Å². The summed E-state index contributed by atoms with van der Waals surface area (Å²) in [5.74, 6) is 0. The lowest BCUT2D eigenvalue weighted by Crippen LogP contribution is -2.17. The van der Waals surface area contributed by atoms with E-state index in [1.54, 1.807) is 0 Å². The Balaban J connectivity index is 1.02. The van der Waals surface area contributed by atoms with Crippen molar-refractivity contribution in [2.75, 3.05) is 9.80 Å². The molecule has 9 aromatic rings. The molecule has 0 unspecified atom stereocenters. The van der Waals surface area contributed by atoms with E-state index in [1.165, 1.54) is 66.5 Å². The number of nitrogens with zero attached hydrogens (tertiary/aromatic N) is 2. The topological polar surface area (TPSA) is 6.48 Å². The molecule has 0 N–H and O–H groups in total. The highest BCUT2D eigenvalue weighted by Gasteiger charge is 2.37. The molecule has 0 saturated carbocycles. The molecule has 0 bridgehead atoms. The van der Waals surface area contributed by atoms with Crippen LogP contribution in [0.5, 0.6) is 0 Å². The Kier molecular flexibility index (Phi) is 8.76. The third-order valence-electron chi connectivity index (χ3n) is 11.9. The van der Waals surface area contributed by atoms with E-state index in [4.69, 9.17) is 0 Å². The van der Waals surface area contributed by atoms with Crippen LogP contribution in [0, 0.1) is 6.92 Å². The number of rotatable bonds is 8. The fraction of sp³-hybridized carbons (Fsp3) is 0.0714.